The molecule has 3 nitrogen and oxygen atoms in total. The van der Waals surface area contributed by atoms with Gasteiger partial charge in [0.25, 0.3) is 0 Å². The Hall–Kier alpha value is -1.35. The summed E-state index contributed by atoms with van der Waals surface area (Å²) >= 11 is 0. The highest BCUT2D eigenvalue weighted by molar-refractivity contribution is 5.92. The van der Waals surface area contributed by atoms with Crippen molar-refractivity contribution in [3.8, 4) is 0 Å². The first-order valence-corrected chi connectivity index (χ1v) is 5.56. The van der Waals surface area contributed by atoms with Crippen LogP contribution in [0.5, 0.6) is 0 Å². The van der Waals surface area contributed by atoms with E-state index >= 15 is 0 Å². The molecule has 0 heterocycles. The fraction of sp³-hybridized carbons (Fsp3) is 0.462. The Bertz CT molecular complexity index is 354. The largest absolute Gasteiger partial charge is 0.326 e. The smallest absolute Gasteiger partial charge is 0.228 e. The maximum absolute atomic E-state index is 11.8. The summed E-state index contributed by atoms with van der Waals surface area (Å²) < 4.78 is 0. The first kappa shape index (κ1) is 12.7. The number of rotatable bonds is 4. The van der Waals surface area contributed by atoms with Crippen LogP contribution in [-0.2, 0) is 4.79 Å². The SMILES string of the molecule is CNCC(C)C(=O)Nc1cc(C)cc(C)c1. The molecule has 0 spiro atoms. The first-order valence-electron chi connectivity index (χ1n) is 5.56. The molecule has 88 valence electrons. The minimum absolute atomic E-state index is 0.0224. The number of aryl methyl sites for hydroxylation is 2. The number of anilines is 1. The molecule has 1 amide bonds. The first-order chi connectivity index (χ1) is 7.52. The van der Waals surface area contributed by atoms with Crippen molar-refractivity contribution in [2.24, 2.45) is 5.92 Å². The second-order valence-corrected chi connectivity index (χ2v) is 4.32. The summed E-state index contributed by atoms with van der Waals surface area (Å²) in [6.07, 6.45) is 0. The lowest BCUT2D eigenvalue weighted by Crippen LogP contribution is -2.28. The van der Waals surface area contributed by atoms with Crippen molar-refractivity contribution in [1.82, 2.24) is 5.32 Å². The third-order valence-electron chi connectivity index (χ3n) is 2.45. The molecule has 1 unspecified atom stereocenters. The van der Waals surface area contributed by atoms with Gasteiger partial charge in [0.1, 0.15) is 0 Å². The zero-order valence-electron chi connectivity index (χ0n) is 10.4. The molecular weight excluding hydrogens is 200 g/mol. The van der Waals surface area contributed by atoms with E-state index in [-0.39, 0.29) is 11.8 Å². The highest BCUT2D eigenvalue weighted by Crippen LogP contribution is 2.14. The van der Waals surface area contributed by atoms with Gasteiger partial charge in [-0.1, -0.05) is 13.0 Å². The van der Waals surface area contributed by atoms with Crippen LogP contribution in [-0.4, -0.2) is 19.5 Å². The third-order valence-corrected chi connectivity index (χ3v) is 2.45. The fourth-order valence-corrected chi connectivity index (χ4v) is 1.71. The van der Waals surface area contributed by atoms with Crippen molar-refractivity contribution >= 4 is 11.6 Å². The number of carbonyl (C=O) groups excluding carboxylic acids is 1. The standard InChI is InChI=1S/C13H20N2O/c1-9-5-10(2)7-12(6-9)15-13(16)11(3)8-14-4/h5-7,11,14H,8H2,1-4H3,(H,15,16). The number of hydrogen-bond donors (Lipinski definition) is 2. The summed E-state index contributed by atoms with van der Waals surface area (Å²) in [6, 6.07) is 6.06. The van der Waals surface area contributed by atoms with Crippen LogP contribution >= 0.6 is 0 Å². The second-order valence-electron chi connectivity index (χ2n) is 4.32. The number of amides is 1. The zero-order valence-corrected chi connectivity index (χ0v) is 10.4. The fourth-order valence-electron chi connectivity index (χ4n) is 1.71. The van der Waals surface area contributed by atoms with E-state index in [0.29, 0.717) is 6.54 Å². The van der Waals surface area contributed by atoms with Crippen LogP contribution in [0, 0.1) is 19.8 Å². The molecule has 0 saturated heterocycles. The van der Waals surface area contributed by atoms with Crippen molar-refractivity contribution < 1.29 is 4.79 Å². The van der Waals surface area contributed by atoms with E-state index in [9.17, 15) is 4.79 Å². The van der Waals surface area contributed by atoms with Gasteiger partial charge in [-0.3, -0.25) is 4.79 Å². The highest BCUT2D eigenvalue weighted by Gasteiger charge is 2.11. The van der Waals surface area contributed by atoms with E-state index in [0.717, 1.165) is 16.8 Å². The molecule has 0 aromatic heterocycles. The second kappa shape index (κ2) is 5.66. The maximum Gasteiger partial charge on any atom is 0.228 e. The lowest BCUT2D eigenvalue weighted by atomic mass is 10.1. The molecule has 1 aromatic rings. The van der Waals surface area contributed by atoms with E-state index in [4.69, 9.17) is 0 Å². The topological polar surface area (TPSA) is 41.1 Å². The average Bonchev–Trinajstić information content (AvgIpc) is 2.16. The molecular formula is C13H20N2O. The monoisotopic (exact) mass is 220 g/mol. The Morgan fingerprint density at radius 2 is 1.81 bits per heavy atom. The molecule has 1 rings (SSSR count). The van der Waals surface area contributed by atoms with Crippen LogP contribution in [0.1, 0.15) is 18.1 Å². The van der Waals surface area contributed by atoms with Crippen molar-refractivity contribution in [2.45, 2.75) is 20.8 Å². The average molecular weight is 220 g/mol. The number of benzene rings is 1. The van der Waals surface area contributed by atoms with Gasteiger partial charge in [0.2, 0.25) is 5.91 Å². The molecule has 0 bridgehead atoms. The summed E-state index contributed by atoms with van der Waals surface area (Å²) in [5, 5.41) is 5.93. The quantitative estimate of drug-likeness (QED) is 0.816. The lowest BCUT2D eigenvalue weighted by Gasteiger charge is -2.12. The molecule has 0 aliphatic rings. The van der Waals surface area contributed by atoms with Crippen molar-refractivity contribution in [3.63, 3.8) is 0 Å². The van der Waals surface area contributed by atoms with E-state index in [2.05, 4.69) is 16.7 Å². The summed E-state index contributed by atoms with van der Waals surface area (Å²) in [4.78, 5) is 11.8. The van der Waals surface area contributed by atoms with Gasteiger partial charge in [0, 0.05) is 18.2 Å². The van der Waals surface area contributed by atoms with Crippen molar-refractivity contribution in [1.29, 1.82) is 0 Å². The molecule has 0 aliphatic carbocycles. The van der Waals surface area contributed by atoms with Gasteiger partial charge < -0.3 is 10.6 Å². The summed E-state index contributed by atoms with van der Waals surface area (Å²) in [6.45, 7) is 6.66. The molecule has 0 aliphatic heterocycles. The van der Waals surface area contributed by atoms with E-state index < -0.39 is 0 Å². The van der Waals surface area contributed by atoms with Crippen LogP contribution in [0.15, 0.2) is 18.2 Å². The summed E-state index contributed by atoms with van der Waals surface area (Å²) in [5.74, 6) is 0.0326. The van der Waals surface area contributed by atoms with Crippen molar-refractivity contribution in [3.05, 3.63) is 29.3 Å². The Labute approximate surface area is 97.2 Å². The zero-order chi connectivity index (χ0) is 12.1. The predicted octanol–water partition coefficient (Wildman–Crippen LogP) is 2.10. The molecule has 16 heavy (non-hydrogen) atoms. The van der Waals surface area contributed by atoms with Gasteiger partial charge in [-0.05, 0) is 44.2 Å². The van der Waals surface area contributed by atoms with Crippen molar-refractivity contribution in [2.75, 3.05) is 18.9 Å². The van der Waals surface area contributed by atoms with E-state index in [1.54, 1.807) is 0 Å². The van der Waals surface area contributed by atoms with Gasteiger partial charge in [-0.15, -0.1) is 0 Å². The van der Waals surface area contributed by atoms with Gasteiger partial charge >= 0.3 is 0 Å². The Morgan fingerprint density at radius 3 is 2.31 bits per heavy atom. The minimum Gasteiger partial charge on any atom is -0.326 e. The number of hydrogen-bond acceptors (Lipinski definition) is 2. The van der Waals surface area contributed by atoms with Crippen LogP contribution < -0.4 is 10.6 Å². The molecule has 1 atom stereocenters. The van der Waals surface area contributed by atoms with E-state index in [1.807, 2.05) is 40.0 Å². The molecule has 2 N–H and O–H groups in total. The van der Waals surface area contributed by atoms with Gasteiger partial charge in [0.15, 0.2) is 0 Å². The lowest BCUT2D eigenvalue weighted by molar-refractivity contribution is -0.119. The molecule has 1 aromatic carbocycles. The summed E-state index contributed by atoms with van der Waals surface area (Å²) in [7, 11) is 1.85. The van der Waals surface area contributed by atoms with Gasteiger partial charge in [-0.2, -0.15) is 0 Å². The number of carbonyl (C=O) groups is 1. The van der Waals surface area contributed by atoms with Crippen LogP contribution in [0.3, 0.4) is 0 Å². The Morgan fingerprint density at radius 1 is 1.25 bits per heavy atom. The Balaban J connectivity index is 2.69. The Kier molecular flexibility index (Phi) is 4.50. The normalized spacial score (nSPS) is 12.2. The third kappa shape index (κ3) is 3.66. The van der Waals surface area contributed by atoms with Crippen LogP contribution in [0.4, 0.5) is 5.69 Å². The molecule has 0 saturated carbocycles. The molecule has 0 fully saturated rings. The molecule has 3 heteroatoms. The molecule has 0 radical (unpaired) electrons. The predicted molar refractivity (Wildman–Crippen MR) is 67.6 cm³/mol. The highest BCUT2D eigenvalue weighted by atomic mass is 16.1. The maximum atomic E-state index is 11.8. The van der Waals surface area contributed by atoms with Gasteiger partial charge in [-0.25, -0.2) is 0 Å². The van der Waals surface area contributed by atoms with E-state index in [1.165, 1.54) is 0 Å². The minimum atomic E-state index is -0.0224. The van der Waals surface area contributed by atoms with Crippen LogP contribution in [0.25, 0.3) is 0 Å². The number of nitrogens with one attached hydrogen (secondary N) is 2. The van der Waals surface area contributed by atoms with Crippen LogP contribution in [0.2, 0.25) is 0 Å². The summed E-state index contributed by atoms with van der Waals surface area (Å²) in [5.41, 5.74) is 3.21. The van der Waals surface area contributed by atoms with Gasteiger partial charge in [0.05, 0.1) is 0 Å².